The Morgan fingerprint density at radius 3 is 2.30 bits per heavy atom. The van der Waals surface area contributed by atoms with Gasteiger partial charge in [0.2, 0.25) is 5.88 Å². The third kappa shape index (κ3) is 10.4. The van der Waals surface area contributed by atoms with Crippen LogP contribution in [0.4, 0.5) is 5.69 Å². The molecule has 0 saturated carbocycles. The lowest BCUT2D eigenvalue weighted by molar-refractivity contribution is -0.313. The number of aliphatic hydroxyl groups is 4. The van der Waals surface area contributed by atoms with E-state index in [2.05, 4.69) is 10.3 Å². The highest BCUT2D eigenvalue weighted by atomic mass is 16.7. The number of carbonyl (C=O) groups is 1. The largest absolute Gasteiger partial charge is 0.481 e. The van der Waals surface area contributed by atoms with Gasteiger partial charge in [-0.05, 0) is 86.3 Å². The highest BCUT2D eigenvalue weighted by Gasteiger charge is 2.54. The number of carbonyl (C=O) groups excluding carboxylic acids is 1. The highest BCUT2D eigenvalue weighted by Crippen LogP contribution is 2.41. The lowest BCUT2D eigenvalue weighted by Crippen LogP contribution is -2.60. The third-order valence-electron chi connectivity index (χ3n) is 13.2. The molecule has 5 N–H and O–H groups in total. The minimum atomic E-state index is -1.82. The number of aliphatic imine (C=N–C) groups is 1. The summed E-state index contributed by atoms with van der Waals surface area (Å²) in [6.07, 6.45) is -6.20. The summed E-state index contributed by atoms with van der Waals surface area (Å²) in [6, 6.07) is 3.05. The number of hydrogen-bond acceptors (Lipinski definition) is 16. The Morgan fingerprint density at radius 2 is 1.68 bits per heavy atom. The van der Waals surface area contributed by atoms with Gasteiger partial charge in [0.1, 0.15) is 23.9 Å². The topological polar surface area (TPSA) is 212 Å². The smallest absolute Gasteiger partial charge is 0.311 e. The fraction of sp³-hybridized carbons (Fsp3) is 0.837. The Hall–Kier alpha value is -2.71. The maximum Gasteiger partial charge on any atom is 0.311 e. The molecule has 0 spiro atoms. The first kappa shape index (κ1) is 48.3. The van der Waals surface area contributed by atoms with Crippen molar-refractivity contribution in [1.29, 1.82) is 0 Å². The van der Waals surface area contributed by atoms with Crippen LogP contribution in [0.1, 0.15) is 94.9 Å². The minimum Gasteiger partial charge on any atom is -0.481 e. The lowest BCUT2D eigenvalue weighted by atomic mass is 9.77. The van der Waals surface area contributed by atoms with Gasteiger partial charge >= 0.3 is 5.97 Å². The van der Waals surface area contributed by atoms with E-state index < -0.39 is 96.0 Å². The maximum atomic E-state index is 14.4. The Kier molecular flexibility index (Phi) is 15.6. The predicted octanol–water partition coefficient (Wildman–Crippen LogP) is 3.06. The van der Waals surface area contributed by atoms with Crippen LogP contribution in [-0.2, 0) is 38.0 Å². The number of cyclic esters (lactones) is 1. The van der Waals surface area contributed by atoms with Gasteiger partial charge < -0.3 is 68.5 Å². The van der Waals surface area contributed by atoms with Crippen molar-refractivity contribution < 1.29 is 63.1 Å². The zero-order chi connectivity index (χ0) is 44.5. The van der Waals surface area contributed by atoms with Crippen molar-refractivity contribution in [3.8, 4) is 5.88 Å². The summed E-state index contributed by atoms with van der Waals surface area (Å²) in [5.41, 5.74) is -3.86. The average molecular weight is 853 g/mol. The summed E-state index contributed by atoms with van der Waals surface area (Å²) in [4.78, 5) is 25.3. The first-order chi connectivity index (χ1) is 28.1. The van der Waals surface area contributed by atoms with Crippen molar-refractivity contribution >= 4 is 17.7 Å². The monoisotopic (exact) mass is 853 g/mol. The molecule has 1 aromatic rings. The molecule has 1 aromatic heterocycles. The lowest BCUT2D eigenvalue weighted by Gasteiger charge is -2.48. The number of amidine groups is 1. The summed E-state index contributed by atoms with van der Waals surface area (Å²) < 4.78 is 50.1. The number of esters is 1. The van der Waals surface area contributed by atoms with E-state index in [9.17, 15) is 25.2 Å². The van der Waals surface area contributed by atoms with Crippen molar-refractivity contribution in [3.05, 3.63) is 18.3 Å². The van der Waals surface area contributed by atoms with Crippen LogP contribution in [0.5, 0.6) is 5.88 Å². The standard InChI is InChI=1S/C43H72N4O13/c1-14-30-43(10,52)35(48)26(6)44-20-22(2)18-41(8,51)37(24(4)33(25(5)38(50)57-30)58-32-19-42(9,54-13)36(49)27(7)56-32)60-39-34-29(17-23(3)55-39)47(11)40(59-34)46-28-15-16-31(53-12)45-21-28/h15-16,21-27,29-30,32-37,39,44,48-49,51-52H,14,17-20H2,1-13H3/b46-40-/t22-,23-,24+,25-,26-,27+,29+,30-,32+,33+,34-,35-,36+,37-,39+,41-,42-,43-/m1/s1. The number of likely N-dealkylation sites (N-methyl/N-ethyl adjacent to an activating group) is 1. The molecule has 0 radical (unpaired) electrons. The molecule has 4 fully saturated rings. The molecule has 4 aliphatic rings. The molecule has 0 bridgehead atoms. The molecule has 5 rings (SSSR count). The highest BCUT2D eigenvalue weighted by molar-refractivity contribution is 5.79. The summed E-state index contributed by atoms with van der Waals surface area (Å²) >= 11 is 0. The predicted molar refractivity (Wildman–Crippen MR) is 220 cm³/mol. The molecule has 0 aliphatic carbocycles. The molecule has 0 unspecified atom stereocenters. The van der Waals surface area contributed by atoms with E-state index in [1.165, 1.54) is 14.0 Å². The van der Waals surface area contributed by atoms with Gasteiger partial charge in [0.05, 0.1) is 66.6 Å². The molecule has 0 amide bonds. The number of rotatable bonds is 8. The van der Waals surface area contributed by atoms with Crippen LogP contribution >= 0.6 is 0 Å². The van der Waals surface area contributed by atoms with Crippen molar-refractivity contribution in [2.24, 2.45) is 22.7 Å². The van der Waals surface area contributed by atoms with Crippen molar-refractivity contribution in [3.63, 3.8) is 0 Å². The molecule has 17 heteroatoms. The van der Waals surface area contributed by atoms with E-state index in [0.717, 1.165) is 0 Å². The molecule has 5 heterocycles. The molecule has 342 valence electrons. The van der Waals surface area contributed by atoms with Gasteiger partial charge in [0.25, 0.3) is 6.02 Å². The second-order valence-corrected chi connectivity index (χ2v) is 18.4. The molecule has 0 aromatic carbocycles. The average Bonchev–Trinajstić information content (AvgIpc) is 3.51. The van der Waals surface area contributed by atoms with E-state index in [4.69, 9.17) is 42.9 Å². The second kappa shape index (κ2) is 19.4. The number of nitrogens with zero attached hydrogens (tertiary/aromatic N) is 3. The number of pyridine rings is 1. The Labute approximate surface area is 355 Å². The molecular weight excluding hydrogens is 780 g/mol. The van der Waals surface area contributed by atoms with Gasteiger partial charge in [-0.3, -0.25) is 4.79 Å². The van der Waals surface area contributed by atoms with Gasteiger partial charge in [-0.2, -0.15) is 4.99 Å². The maximum absolute atomic E-state index is 14.4. The fourth-order valence-electron chi connectivity index (χ4n) is 9.47. The second-order valence-electron chi connectivity index (χ2n) is 18.4. The van der Waals surface area contributed by atoms with Gasteiger partial charge in [0.15, 0.2) is 18.7 Å². The SMILES string of the molecule is CC[C@H]1OC(=O)[C@H](C)[C@@H](O[C@H]2C[C@@](C)(OC)[C@@H](O)[C@H](C)O2)[C@H](C)[C@@H](O[C@@H]2O[C@H](C)C[C@H]3[C@H]2O/C(=N\c2ccc(OC)nc2)N3C)[C@](C)(O)C[C@@H](C)CN[C@H](C)[C@@H](O)[C@]1(C)O. The van der Waals surface area contributed by atoms with Crippen molar-refractivity contribution in [2.45, 2.75) is 185 Å². The van der Waals surface area contributed by atoms with Crippen LogP contribution in [0.3, 0.4) is 0 Å². The zero-order valence-corrected chi connectivity index (χ0v) is 37.7. The van der Waals surface area contributed by atoms with Gasteiger partial charge in [-0.15, -0.1) is 0 Å². The number of hydrogen-bond donors (Lipinski definition) is 5. The number of fused-ring (bicyclic) bond motifs is 1. The van der Waals surface area contributed by atoms with Crippen LogP contribution in [0.25, 0.3) is 0 Å². The Balaban J connectivity index is 1.56. The number of aliphatic hydroxyl groups excluding tert-OH is 2. The van der Waals surface area contributed by atoms with Crippen LogP contribution in [0.15, 0.2) is 23.3 Å². The quantitative estimate of drug-likeness (QED) is 0.238. The summed E-state index contributed by atoms with van der Waals surface area (Å²) in [6.45, 7) is 18.0. The molecular formula is C43H72N4O13. The van der Waals surface area contributed by atoms with Crippen molar-refractivity contribution in [1.82, 2.24) is 15.2 Å². The van der Waals surface area contributed by atoms with Crippen LogP contribution < -0.4 is 10.1 Å². The Bertz CT molecular complexity index is 1600. The zero-order valence-electron chi connectivity index (χ0n) is 37.7. The molecule has 4 aliphatic heterocycles. The van der Waals surface area contributed by atoms with Gasteiger partial charge in [0, 0.05) is 38.6 Å². The van der Waals surface area contributed by atoms with Crippen molar-refractivity contribution in [2.75, 3.05) is 27.8 Å². The molecule has 4 saturated heterocycles. The summed E-state index contributed by atoms with van der Waals surface area (Å²) in [7, 11) is 4.96. The van der Waals surface area contributed by atoms with Crippen LogP contribution in [-0.4, -0.2) is 160 Å². The number of aromatic nitrogens is 1. The molecule has 60 heavy (non-hydrogen) atoms. The Morgan fingerprint density at radius 1 is 0.983 bits per heavy atom. The van der Waals surface area contributed by atoms with E-state index in [-0.39, 0.29) is 37.3 Å². The van der Waals surface area contributed by atoms with Gasteiger partial charge in [-0.25, -0.2) is 4.98 Å². The molecule has 17 nitrogen and oxygen atoms in total. The van der Waals surface area contributed by atoms with E-state index >= 15 is 0 Å². The van der Waals surface area contributed by atoms with E-state index in [1.807, 2.05) is 32.7 Å². The number of methoxy groups -OCH3 is 2. The first-order valence-corrected chi connectivity index (χ1v) is 21.5. The minimum absolute atomic E-state index is 0.125. The van der Waals surface area contributed by atoms with E-state index in [1.54, 1.807) is 67.0 Å². The number of nitrogens with one attached hydrogen (secondary N) is 1. The fourth-order valence-corrected chi connectivity index (χ4v) is 9.47. The third-order valence-corrected chi connectivity index (χ3v) is 13.2. The van der Waals surface area contributed by atoms with E-state index in [0.29, 0.717) is 30.6 Å². The van der Waals surface area contributed by atoms with Crippen LogP contribution in [0, 0.1) is 17.8 Å². The van der Waals surface area contributed by atoms with Crippen LogP contribution in [0.2, 0.25) is 0 Å². The summed E-state index contributed by atoms with van der Waals surface area (Å²) in [5.74, 6) is -2.18. The summed E-state index contributed by atoms with van der Waals surface area (Å²) in [5, 5.41) is 50.2. The first-order valence-electron chi connectivity index (χ1n) is 21.5. The molecule has 18 atom stereocenters. The number of ether oxygens (including phenoxy) is 8. The van der Waals surface area contributed by atoms with Gasteiger partial charge in [-0.1, -0.05) is 20.8 Å². The normalized spacial score (nSPS) is 45.5.